The minimum Gasteiger partial charge on any atom is -0.352 e. The molecule has 2 aromatic rings. The lowest BCUT2D eigenvalue weighted by Gasteiger charge is -2.41. The number of amides is 1. The number of likely N-dealkylation sites (tertiary alicyclic amines) is 1. The van der Waals surface area contributed by atoms with Crippen LogP contribution in [-0.4, -0.2) is 57.4 Å². The minimum atomic E-state index is 0.0400. The summed E-state index contributed by atoms with van der Waals surface area (Å²) in [5, 5.41) is 3.15. The molecule has 1 saturated heterocycles. The number of hydrogen-bond donors (Lipinski definition) is 1. The van der Waals surface area contributed by atoms with Gasteiger partial charge in [0.25, 0.3) is 5.91 Å². The average molecular weight is 380 g/mol. The fourth-order valence-corrected chi connectivity index (χ4v) is 4.22. The number of carbonyl (C=O) groups is 1. The van der Waals surface area contributed by atoms with Crippen molar-refractivity contribution in [3.63, 3.8) is 0 Å². The molecule has 2 aliphatic heterocycles. The largest absolute Gasteiger partial charge is 0.352 e. The summed E-state index contributed by atoms with van der Waals surface area (Å²) in [7, 11) is 0. The number of nitrogens with one attached hydrogen (secondary N) is 1. The Hall–Kier alpha value is -2.47. The van der Waals surface area contributed by atoms with Gasteiger partial charge in [-0.25, -0.2) is 9.97 Å². The van der Waals surface area contributed by atoms with Crippen molar-refractivity contribution < 1.29 is 4.79 Å². The molecule has 1 amide bonds. The zero-order chi connectivity index (χ0) is 19.5. The molecular formula is C22H29N5O. The molecule has 0 aliphatic carbocycles. The van der Waals surface area contributed by atoms with E-state index in [0.717, 1.165) is 45.4 Å². The highest BCUT2D eigenvalue weighted by atomic mass is 16.2. The molecule has 6 heteroatoms. The smallest absolute Gasteiger partial charge is 0.257 e. The van der Waals surface area contributed by atoms with Crippen molar-refractivity contribution in [1.29, 1.82) is 0 Å². The molecule has 0 spiro atoms. The lowest BCUT2D eigenvalue weighted by molar-refractivity contribution is 0.0548. The van der Waals surface area contributed by atoms with Crippen LogP contribution in [0.4, 0.5) is 5.95 Å². The molecule has 1 aromatic heterocycles. The fourth-order valence-electron chi connectivity index (χ4n) is 4.22. The van der Waals surface area contributed by atoms with Crippen LogP contribution in [0.5, 0.6) is 0 Å². The predicted octanol–water partition coefficient (Wildman–Crippen LogP) is 2.96. The molecule has 2 aliphatic rings. The highest BCUT2D eigenvalue weighted by molar-refractivity contribution is 5.93. The van der Waals surface area contributed by atoms with Gasteiger partial charge in [-0.05, 0) is 44.2 Å². The molecule has 1 atom stereocenters. The van der Waals surface area contributed by atoms with Crippen molar-refractivity contribution in [2.45, 2.75) is 51.7 Å². The van der Waals surface area contributed by atoms with E-state index in [9.17, 15) is 4.79 Å². The molecule has 1 unspecified atom stereocenters. The number of aromatic nitrogens is 2. The fraction of sp³-hybridized carbons (Fsp3) is 0.500. The Bertz CT molecular complexity index is 820. The molecule has 1 aromatic carbocycles. The number of nitrogens with zero attached hydrogens (tertiary/aromatic N) is 4. The summed E-state index contributed by atoms with van der Waals surface area (Å²) in [5.74, 6) is 0.605. The summed E-state index contributed by atoms with van der Waals surface area (Å²) < 4.78 is 0. The molecule has 4 rings (SSSR count). The SMILES string of the molecule is CC(C)Nc1ncc(C(=O)N2CCCC(N3CCc4ccccc4C3)C2)cn1. The van der Waals surface area contributed by atoms with Crippen molar-refractivity contribution in [2.75, 3.05) is 25.0 Å². The van der Waals surface area contributed by atoms with Crippen LogP contribution in [0.1, 0.15) is 48.2 Å². The maximum Gasteiger partial charge on any atom is 0.257 e. The van der Waals surface area contributed by atoms with Gasteiger partial charge in [0.2, 0.25) is 5.95 Å². The first-order valence-electron chi connectivity index (χ1n) is 10.3. The third kappa shape index (κ3) is 4.17. The first-order valence-corrected chi connectivity index (χ1v) is 10.3. The zero-order valence-corrected chi connectivity index (χ0v) is 16.8. The van der Waals surface area contributed by atoms with Gasteiger partial charge in [0.05, 0.1) is 5.56 Å². The standard InChI is InChI=1S/C22H29N5O/c1-16(2)25-22-23-12-19(13-24-22)21(28)27-10-5-8-20(15-27)26-11-9-17-6-3-4-7-18(17)14-26/h3-4,6-7,12-13,16,20H,5,8-11,14-15H2,1-2H3,(H,23,24,25). The van der Waals surface area contributed by atoms with Crippen molar-refractivity contribution in [2.24, 2.45) is 0 Å². The molecule has 0 bridgehead atoms. The molecule has 1 fully saturated rings. The van der Waals surface area contributed by atoms with Crippen LogP contribution in [0.25, 0.3) is 0 Å². The molecule has 3 heterocycles. The lowest BCUT2D eigenvalue weighted by atomic mass is 9.96. The van der Waals surface area contributed by atoms with Gasteiger partial charge in [0.15, 0.2) is 0 Å². The van der Waals surface area contributed by atoms with E-state index in [1.807, 2.05) is 18.7 Å². The number of piperidine rings is 1. The quantitative estimate of drug-likeness (QED) is 0.885. The molecule has 148 valence electrons. The maximum absolute atomic E-state index is 13.0. The maximum atomic E-state index is 13.0. The normalized spacial score (nSPS) is 20.1. The molecule has 28 heavy (non-hydrogen) atoms. The van der Waals surface area contributed by atoms with Gasteiger partial charge >= 0.3 is 0 Å². The van der Waals surface area contributed by atoms with E-state index >= 15 is 0 Å². The van der Waals surface area contributed by atoms with Crippen LogP contribution in [0.15, 0.2) is 36.7 Å². The minimum absolute atomic E-state index is 0.0400. The van der Waals surface area contributed by atoms with Crippen LogP contribution in [0.3, 0.4) is 0 Å². The summed E-state index contributed by atoms with van der Waals surface area (Å²) in [6.07, 6.45) is 6.57. The molecule has 0 saturated carbocycles. The number of anilines is 1. The number of fused-ring (bicyclic) bond motifs is 1. The van der Waals surface area contributed by atoms with Gasteiger partial charge in [-0.15, -0.1) is 0 Å². The number of carbonyl (C=O) groups excluding carboxylic acids is 1. The highest BCUT2D eigenvalue weighted by Crippen LogP contribution is 2.25. The van der Waals surface area contributed by atoms with Gasteiger partial charge in [-0.3, -0.25) is 9.69 Å². The first kappa shape index (κ1) is 18.9. The highest BCUT2D eigenvalue weighted by Gasteiger charge is 2.30. The van der Waals surface area contributed by atoms with Crippen molar-refractivity contribution >= 4 is 11.9 Å². The zero-order valence-electron chi connectivity index (χ0n) is 16.8. The van der Waals surface area contributed by atoms with Crippen molar-refractivity contribution in [3.8, 4) is 0 Å². The molecule has 1 N–H and O–H groups in total. The van der Waals surface area contributed by atoms with Crippen molar-refractivity contribution in [3.05, 3.63) is 53.3 Å². The summed E-state index contributed by atoms with van der Waals surface area (Å²) in [6, 6.07) is 9.41. The van der Waals surface area contributed by atoms with Gasteiger partial charge in [0.1, 0.15) is 0 Å². The Labute approximate surface area is 167 Å². The topological polar surface area (TPSA) is 61.4 Å². The van der Waals surface area contributed by atoms with Crippen LogP contribution in [0, 0.1) is 0 Å². The average Bonchev–Trinajstić information content (AvgIpc) is 2.73. The van der Waals surface area contributed by atoms with E-state index in [1.165, 1.54) is 11.1 Å². The van der Waals surface area contributed by atoms with Crippen LogP contribution < -0.4 is 5.32 Å². The van der Waals surface area contributed by atoms with Gasteiger partial charge < -0.3 is 10.2 Å². The van der Waals surface area contributed by atoms with E-state index in [2.05, 4.69) is 44.5 Å². The first-order chi connectivity index (χ1) is 13.6. The molecule has 0 radical (unpaired) electrons. The van der Waals surface area contributed by atoms with Gasteiger partial charge in [-0.2, -0.15) is 0 Å². The van der Waals surface area contributed by atoms with Crippen LogP contribution in [0.2, 0.25) is 0 Å². The third-order valence-corrected chi connectivity index (χ3v) is 5.68. The Balaban J connectivity index is 1.40. The van der Waals surface area contributed by atoms with Crippen LogP contribution in [-0.2, 0) is 13.0 Å². The van der Waals surface area contributed by atoms with Crippen LogP contribution >= 0.6 is 0 Å². The third-order valence-electron chi connectivity index (χ3n) is 5.68. The lowest BCUT2D eigenvalue weighted by Crippen LogP contribution is -2.51. The summed E-state index contributed by atoms with van der Waals surface area (Å²) in [6.45, 7) is 7.73. The second kappa shape index (κ2) is 8.27. The number of rotatable bonds is 4. The van der Waals surface area contributed by atoms with Gasteiger partial charge in [0, 0.05) is 50.7 Å². The second-order valence-electron chi connectivity index (χ2n) is 8.13. The number of hydrogen-bond acceptors (Lipinski definition) is 5. The number of benzene rings is 1. The Morgan fingerprint density at radius 3 is 2.64 bits per heavy atom. The summed E-state index contributed by atoms with van der Waals surface area (Å²) in [4.78, 5) is 26.1. The summed E-state index contributed by atoms with van der Waals surface area (Å²) in [5.41, 5.74) is 3.47. The van der Waals surface area contributed by atoms with E-state index in [0.29, 0.717) is 17.6 Å². The van der Waals surface area contributed by atoms with E-state index in [1.54, 1.807) is 12.4 Å². The predicted molar refractivity (Wildman–Crippen MR) is 110 cm³/mol. The van der Waals surface area contributed by atoms with Gasteiger partial charge in [-0.1, -0.05) is 24.3 Å². The molecular weight excluding hydrogens is 350 g/mol. The van der Waals surface area contributed by atoms with Crippen molar-refractivity contribution in [1.82, 2.24) is 19.8 Å². The summed E-state index contributed by atoms with van der Waals surface area (Å²) >= 11 is 0. The second-order valence-corrected chi connectivity index (χ2v) is 8.13. The molecule has 6 nitrogen and oxygen atoms in total. The van der Waals surface area contributed by atoms with E-state index < -0.39 is 0 Å². The van der Waals surface area contributed by atoms with E-state index in [-0.39, 0.29) is 11.9 Å². The Kier molecular flexibility index (Phi) is 5.57. The van der Waals surface area contributed by atoms with E-state index in [4.69, 9.17) is 0 Å². The monoisotopic (exact) mass is 379 g/mol. The Morgan fingerprint density at radius 1 is 1.14 bits per heavy atom. The Morgan fingerprint density at radius 2 is 1.89 bits per heavy atom.